The monoisotopic (exact) mass is 365 g/mol. The Morgan fingerprint density at radius 2 is 2.00 bits per heavy atom. The maximum atomic E-state index is 12.3. The van der Waals surface area contributed by atoms with Gasteiger partial charge in [0, 0.05) is 22.5 Å². The number of nitrogens with one attached hydrogen (secondary N) is 1. The van der Waals surface area contributed by atoms with Gasteiger partial charge in [-0.3, -0.25) is 9.78 Å². The fourth-order valence-electron chi connectivity index (χ4n) is 3.97. The Hall–Kier alpha value is -2.36. The highest BCUT2D eigenvalue weighted by atomic mass is 16.1. The molecule has 144 valence electrons. The molecule has 4 nitrogen and oxygen atoms in total. The Labute approximate surface area is 162 Å². The van der Waals surface area contributed by atoms with Gasteiger partial charge in [0.1, 0.15) is 0 Å². The van der Waals surface area contributed by atoms with E-state index in [9.17, 15) is 4.79 Å². The van der Waals surface area contributed by atoms with Crippen LogP contribution >= 0.6 is 0 Å². The van der Waals surface area contributed by atoms with Crippen LogP contribution in [0.15, 0.2) is 36.4 Å². The molecule has 1 aliphatic carbocycles. The van der Waals surface area contributed by atoms with Crippen LogP contribution < -0.4 is 11.1 Å². The molecule has 0 spiro atoms. The van der Waals surface area contributed by atoms with Gasteiger partial charge in [-0.25, -0.2) is 0 Å². The molecule has 0 atom stereocenters. The third-order valence-corrected chi connectivity index (χ3v) is 5.66. The van der Waals surface area contributed by atoms with Crippen LogP contribution in [0.1, 0.15) is 58.1 Å². The minimum atomic E-state index is -0.0823. The maximum Gasteiger partial charge on any atom is 0.248 e. The number of nitrogens with two attached hydrogens (primary N) is 1. The third-order valence-electron chi connectivity index (χ3n) is 5.66. The fraction of sp³-hybridized carbons (Fsp3) is 0.478. The second-order valence-corrected chi connectivity index (χ2v) is 7.72. The zero-order valence-corrected chi connectivity index (χ0v) is 16.5. The van der Waals surface area contributed by atoms with Crippen LogP contribution in [-0.4, -0.2) is 10.9 Å². The Kier molecular flexibility index (Phi) is 6.49. The summed E-state index contributed by atoms with van der Waals surface area (Å²) in [7, 11) is 0. The van der Waals surface area contributed by atoms with E-state index >= 15 is 0 Å². The van der Waals surface area contributed by atoms with E-state index in [1.54, 1.807) is 6.08 Å². The summed E-state index contributed by atoms with van der Waals surface area (Å²) in [6.45, 7) is 4.40. The smallest absolute Gasteiger partial charge is 0.248 e. The van der Waals surface area contributed by atoms with Gasteiger partial charge in [0.05, 0.1) is 5.52 Å². The van der Waals surface area contributed by atoms with Crippen molar-refractivity contribution in [1.29, 1.82) is 0 Å². The Balaban J connectivity index is 1.64. The minimum absolute atomic E-state index is 0.0823. The quantitative estimate of drug-likeness (QED) is 0.666. The Morgan fingerprint density at radius 3 is 2.70 bits per heavy atom. The van der Waals surface area contributed by atoms with Gasteiger partial charge in [-0.15, -0.1) is 0 Å². The van der Waals surface area contributed by atoms with Crippen LogP contribution in [0.5, 0.6) is 0 Å². The summed E-state index contributed by atoms with van der Waals surface area (Å²) in [5.41, 5.74) is 9.55. The highest BCUT2D eigenvalue weighted by Gasteiger charge is 2.18. The number of fused-ring (bicyclic) bond motifs is 1. The molecule has 1 aromatic carbocycles. The summed E-state index contributed by atoms with van der Waals surface area (Å²) < 4.78 is 0. The first-order valence-corrected chi connectivity index (χ1v) is 10.3. The van der Waals surface area contributed by atoms with Crippen LogP contribution in [0.4, 0.5) is 11.4 Å². The zero-order valence-electron chi connectivity index (χ0n) is 16.5. The molecule has 3 rings (SSSR count). The van der Waals surface area contributed by atoms with Crippen molar-refractivity contribution >= 4 is 28.2 Å². The number of pyridine rings is 1. The number of aromatic nitrogens is 1. The lowest BCUT2D eigenvalue weighted by molar-refractivity contribution is -0.111. The van der Waals surface area contributed by atoms with Crippen LogP contribution in [0.25, 0.3) is 10.9 Å². The number of nitrogens with zero attached hydrogens (tertiary/aromatic N) is 1. The summed E-state index contributed by atoms with van der Waals surface area (Å²) in [4.78, 5) is 16.9. The minimum Gasteiger partial charge on any atom is -0.398 e. The van der Waals surface area contributed by atoms with Gasteiger partial charge in [-0.1, -0.05) is 32.8 Å². The topological polar surface area (TPSA) is 68.0 Å². The number of amides is 1. The highest BCUT2D eigenvalue weighted by Crippen LogP contribution is 2.31. The van der Waals surface area contributed by atoms with Gasteiger partial charge < -0.3 is 11.1 Å². The summed E-state index contributed by atoms with van der Waals surface area (Å²) in [5, 5.41) is 3.84. The van der Waals surface area contributed by atoms with E-state index in [0.29, 0.717) is 11.6 Å². The molecule has 1 aliphatic rings. The lowest BCUT2D eigenvalue weighted by atomic mass is 9.81. The van der Waals surface area contributed by atoms with E-state index in [-0.39, 0.29) is 5.91 Å². The van der Waals surface area contributed by atoms with Crippen molar-refractivity contribution in [2.24, 2.45) is 11.8 Å². The number of nitrogen functional groups attached to an aromatic ring is 1. The van der Waals surface area contributed by atoms with Gasteiger partial charge in [-0.2, -0.15) is 0 Å². The van der Waals surface area contributed by atoms with Crippen LogP contribution in [0.2, 0.25) is 0 Å². The third kappa shape index (κ3) is 5.09. The molecular weight excluding hydrogens is 334 g/mol. The second kappa shape index (κ2) is 9.03. The van der Waals surface area contributed by atoms with Gasteiger partial charge in [0.25, 0.3) is 0 Å². The molecule has 1 aromatic heterocycles. The molecule has 4 heteroatoms. The fourth-order valence-corrected chi connectivity index (χ4v) is 3.97. The summed E-state index contributed by atoms with van der Waals surface area (Å²) in [5.74, 6) is 1.33. The van der Waals surface area contributed by atoms with Crippen LogP contribution in [-0.2, 0) is 11.2 Å². The number of aryl methyl sites for hydroxylation is 1. The number of benzene rings is 1. The van der Waals surface area contributed by atoms with Gasteiger partial charge in [0.2, 0.25) is 5.91 Å². The molecule has 0 aliphatic heterocycles. The maximum absolute atomic E-state index is 12.3. The van der Waals surface area contributed by atoms with Crippen molar-refractivity contribution in [3.05, 3.63) is 42.1 Å². The molecule has 27 heavy (non-hydrogen) atoms. The van der Waals surface area contributed by atoms with E-state index in [1.807, 2.05) is 24.3 Å². The van der Waals surface area contributed by atoms with Crippen molar-refractivity contribution in [2.75, 3.05) is 11.1 Å². The number of hydrogen-bond donors (Lipinski definition) is 2. The summed E-state index contributed by atoms with van der Waals surface area (Å²) >= 11 is 0. The Bertz CT molecular complexity index is 820. The molecule has 1 heterocycles. The Morgan fingerprint density at radius 1 is 1.22 bits per heavy atom. The summed E-state index contributed by atoms with van der Waals surface area (Å²) in [6.07, 6.45) is 12.0. The number of rotatable bonds is 6. The van der Waals surface area contributed by atoms with E-state index in [1.165, 1.54) is 32.1 Å². The first-order valence-electron chi connectivity index (χ1n) is 10.3. The molecule has 2 aromatic rings. The van der Waals surface area contributed by atoms with Gasteiger partial charge in [-0.05, 0) is 74.3 Å². The molecule has 0 unspecified atom stereocenters. The predicted molar refractivity (Wildman–Crippen MR) is 114 cm³/mol. The normalized spacial score (nSPS) is 20.2. The predicted octanol–water partition coefficient (Wildman–Crippen LogP) is 5.48. The summed E-state index contributed by atoms with van der Waals surface area (Å²) in [6, 6.07) is 7.66. The highest BCUT2D eigenvalue weighted by molar-refractivity contribution is 6.01. The van der Waals surface area contributed by atoms with E-state index < -0.39 is 0 Å². The number of allylic oxidation sites excluding steroid dienone is 1. The SMILES string of the molecule is CCCc1cc(N)c2cc(NC(=O)C=CC3CCC(CC)CC3)ccc2n1. The molecule has 0 bridgehead atoms. The van der Waals surface area contributed by atoms with Crippen molar-refractivity contribution in [3.8, 4) is 0 Å². The molecule has 0 radical (unpaired) electrons. The van der Waals surface area contributed by atoms with E-state index in [4.69, 9.17) is 5.73 Å². The zero-order chi connectivity index (χ0) is 19.2. The molecule has 1 fully saturated rings. The molecule has 0 saturated heterocycles. The van der Waals surface area contributed by atoms with Gasteiger partial charge >= 0.3 is 0 Å². The van der Waals surface area contributed by atoms with Crippen molar-refractivity contribution in [2.45, 2.75) is 58.8 Å². The first kappa shape index (κ1) is 19.4. The lowest BCUT2D eigenvalue weighted by Gasteiger charge is -2.25. The number of anilines is 2. The van der Waals surface area contributed by atoms with Crippen molar-refractivity contribution in [1.82, 2.24) is 4.98 Å². The van der Waals surface area contributed by atoms with Crippen LogP contribution in [0, 0.1) is 11.8 Å². The number of carbonyl (C=O) groups is 1. The number of carbonyl (C=O) groups excluding carboxylic acids is 1. The first-order chi connectivity index (χ1) is 13.1. The van der Waals surface area contributed by atoms with Crippen LogP contribution in [0.3, 0.4) is 0 Å². The largest absolute Gasteiger partial charge is 0.398 e. The average Bonchev–Trinajstić information content (AvgIpc) is 2.67. The van der Waals surface area contributed by atoms with E-state index in [2.05, 4.69) is 30.2 Å². The average molecular weight is 366 g/mol. The second-order valence-electron chi connectivity index (χ2n) is 7.72. The standard InChI is InChI=1S/C23H31N3O/c1-3-5-18-15-21(24)20-14-19(11-12-22(20)25-18)26-23(27)13-10-17-8-6-16(4-2)7-9-17/h10-17H,3-9H2,1-2H3,(H2,24,25)(H,26,27). The molecule has 1 amide bonds. The van der Waals surface area contributed by atoms with Gasteiger partial charge in [0.15, 0.2) is 0 Å². The van der Waals surface area contributed by atoms with Crippen molar-refractivity contribution < 1.29 is 4.79 Å². The molecule has 3 N–H and O–H groups in total. The molecular formula is C23H31N3O. The van der Waals surface area contributed by atoms with Crippen molar-refractivity contribution in [3.63, 3.8) is 0 Å². The number of hydrogen-bond acceptors (Lipinski definition) is 3. The lowest BCUT2D eigenvalue weighted by Crippen LogP contribution is -2.13. The van der Waals surface area contributed by atoms with E-state index in [0.717, 1.165) is 41.0 Å². The molecule has 1 saturated carbocycles.